The Hall–Kier alpha value is -5.68. The van der Waals surface area contributed by atoms with Gasteiger partial charge in [0.05, 0.1) is 5.69 Å². The van der Waals surface area contributed by atoms with Crippen LogP contribution in [0.4, 0.5) is 11.4 Å². The molecule has 278 valence electrons. The van der Waals surface area contributed by atoms with Crippen LogP contribution in [-0.2, 0) is 5.41 Å². The molecule has 0 radical (unpaired) electrons. The van der Waals surface area contributed by atoms with Crippen LogP contribution in [0.25, 0.3) is 22.3 Å². The second-order valence-electron chi connectivity index (χ2n) is 13.8. The van der Waals surface area contributed by atoms with E-state index in [1.54, 1.807) is 7.05 Å². The summed E-state index contributed by atoms with van der Waals surface area (Å²) >= 11 is 0. The summed E-state index contributed by atoms with van der Waals surface area (Å²) in [7, 11) is 1.65. The molecule has 3 aliphatic rings. The topological polar surface area (TPSA) is 67.3 Å². The normalized spacial score (nSPS) is 15.7. The van der Waals surface area contributed by atoms with Crippen molar-refractivity contribution >= 4 is 22.5 Å². The Balaban J connectivity index is 0.000000281. The first-order valence-electron chi connectivity index (χ1n) is 18.9. The van der Waals surface area contributed by atoms with E-state index < -0.39 is 0 Å². The van der Waals surface area contributed by atoms with Gasteiger partial charge in [-0.3, -0.25) is 11.3 Å². The van der Waals surface area contributed by atoms with Crippen LogP contribution < -0.4 is 21.9 Å². The first kappa shape index (κ1) is 41.1. The third kappa shape index (κ3) is 10.3. The molecule has 5 aromatic carbocycles. The highest BCUT2D eigenvalue weighted by Crippen LogP contribution is 2.52. The van der Waals surface area contributed by atoms with Crippen LogP contribution in [0.15, 0.2) is 170 Å². The first-order chi connectivity index (χ1) is 26.1. The predicted molar refractivity (Wildman–Crippen MR) is 236 cm³/mol. The summed E-state index contributed by atoms with van der Waals surface area (Å²) in [6.07, 6.45) is 14.8. The summed E-state index contributed by atoms with van der Waals surface area (Å²) in [5, 5.41) is 0. The summed E-state index contributed by atoms with van der Waals surface area (Å²) in [6, 6.07) is 43.1. The molecular weight excluding hydrogens is 657 g/mol. The summed E-state index contributed by atoms with van der Waals surface area (Å²) in [6.45, 7) is 17.4. The fourth-order valence-corrected chi connectivity index (χ4v) is 6.67. The number of hydrogen-bond acceptors (Lipinski definition) is 4. The Labute approximate surface area is 324 Å². The lowest BCUT2D eigenvalue weighted by Crippen LogP contribution is -2.18. The van der Waals surface area contributed by atoms with Gasteiger partial charge in [0.15, 0.2) is 0 Å². The van der Waals surface area contributed by atoms with Crippen molar-refractivity contribution in [1.82, 2.24) is 5.43 Å². The van der Waals surface area contributed by atoms with Crippen LogP contribution >= 0.6 is 0 Å². The number of benzene rings is 5. The molecule has 54 heavy (non-hydrogen) atoms. The van der Waals surface area contributed by atoms with E-state index in [-0.39, 0.29) is 5.41 Å². The zero-order valence-electron chi connectivity index (χ0n) is 33.2. The molecule has 0 atom stereocenters. The van der Waals surface area contributed by atoms with E-state index in [4.69, 9.17) is 5.73 Å². The molecule has 4 nitrogen and oxygen atoms in total. The maximum absolute atomic E-state index is 5.44. The van der Waals surface area contributed by atoms with E-state index in [0.29, 0.717) is 0 Å². The third-order valence-electron chi connectivity index (χ3n) is 9.41. The average molecular weight is 715 g/mol. The van der Waals surface area contributed by atoms with Crippen molar-refractivity contribution < 1.29 is 0 Å². The highest BCUT2D eigenvalue weighted by Gasteiger charge is 2.36. The molecule has 0 saturated carbocycles. The number of nitrogens with zero attached hydrogens (tertiary/aromatic N) is 1. The SMILES string of the molecule is C=C1/C=C\C(c2ccccc2)=C/N(c2cccc(C)c2)c2cc3c(cc21)-c1ccccc1C3(C)C.CC.CNN.Cc1ccccc1.NC1=CC=CCC1. The lowest BCUT2D eigenvalue weighted by atomic mass is 9.81. The zero-order chi connectivity index (χ0) is 39.1. The number of allylic oxidation sites excluding steroid dienone is 8. The predicted octanol–water partition coefficient (Wildman–Crippen LogP) is 12.3. The number of anilines is 2. The van der Waals surface area contributed by atoms with Gasteiger partial charge in [-0.2, -0.15) is 0 Å². The lowest BCUT2D eigenvalue weighted by Gasteiger charge is -2.30. The van der Waals surface area contributed by atoms with Gasteiger partial charge in [0, 0.05) is 28.6 Å². The highest BCUT2D eigenvalue weighted by atomic mass is 15.2. The number of fused-ring (bicyclic) bond motifs is 4. The number of nitrogens with one attached hydrogen (secondary N) is 1. The Morgan fingerprint density at radius 1 is 0.704 bits per heavy atom. The smallest absolute Gasteiger partial charge is 0.0537 e. The molecule has 4 heteroatoms. The van der Waals surface area contributed by atoms with Crippen LogP contribution in [0.1, 0.15) is 73.9 Å². The van der Waals surface area contributed by atoms with Crippen molar-refractivity contribution in [2.24, 2.45) is 11.6 Å². The number of rotatable bonds is 2. The van der Waals surface area contributed by atoms with Crippen LogP contribution in [0.3, 0.4) is 0 Å². The van der Waals surface area contributed by atoms with Gasteiger partial charge in [-0.05, 0) is 109 Å². The molecule has 0 saturated heterocycles. The molecule has 8 rings (SSSR count). The Bertz CT molecular complexity index is 2100. The maximum atomic E-state index is 5.44. The Morgan fingerprint density at radius 3 is 1.91 bits per heavy atom. The van der Waals surface area contributed by atoms with Crippen LogP contribution in [-0.4, -0.2) is 7.05 Å². The lowest BCUT2D eigenvalue weighted by molar-refractivity contribution is 0.660. The van der Waals surface area contributed by atoms with Crippen LogP contribution in [0, 0.1) is 13.8 Å². The van der Waals surface area contributed by atoms with Gasteiger partial charge in [0.25, 0.3) is 0 Å². The molecule has 5 aromatic rings. The zero-order valence-corrected chi connectivity index (χ0v) is 33.2. The first-order valence-corrected chi connectivity index (χ1v) is 18.9. The number of aryl methyl sites for hydroxylation is 2. The molecule has 0 unspecified atom stereocenters. The molecule has 0 fully saturated rings. The summed E-state index contributed by atoms with van der Waals surface area (Å²) < 4.78 is 0. The van der Waals surface area contributed by atoms with Crippen molar-refractivity contribution in [3.63, 3.8) is 0 Å². The van der Waals surface area contributed by atoms with E-state index in [0.717, 1.165) is 46.6 Å². The fourth-order valence-electron chi connectivity index (χ4n) is 6.67. The number of hydrogen-bond donors (Lipinski definition) is 3. The van der Waals surface area contributed by atoms with Gasteiger partial charge in [-0.15, -0.1) is 0 Å². The van der Waals surface area contributed by atoms with Crippen molar-refractivity contribution in [3.8, 4) is 11.1 Å². The molecule has 0 aromatic heterocycles. The number of nitrogens with two attached hydrogens (primary N) is 2. The van der Waals surface area contributed by atoms with E-state index in [1.807, 2.05) is 44.2 Å². The van der Waals surface area contributed by atoms with Crippen molar-refractivity contribution in [1.29, 1.82) is 0 Å². The monoisotopic (exact) mass is 714 g/mol. The minimum atomic E-state index is -0.0647. The Kier molecular flexibility index (Phi) is 15.2. The molecule has 2 aliphatic carbocycles. The van der Waals surface area contributed by atoms with Gasteiger partial charge in [-0.1, -0.05) is 161 Å². The fraction of sp³-hybridized carbons (Fsp3) is 0.200. The average Bonchev–Trinajstić information content (AvgIpc) is 3.41. The van der Waals surface area contributed by atoms with Gasteiger partial charge in [-0.25, -0.2) is 0 Å². The molecule has 0 spiro atoms. The van der Waals surface area contributed by atoms with Crippen molar-refractivity contribution in [2.75, 3.05) is 11.9 Å². The number of hydrazine groups is 1. The van der Waals surface area contributed by atoms with E-state index >= 15 is 0 Å². The molecular formula is C50H58N4. The van der Waals surface area contributed by atoms with Gasteiger partial charge in [0.1, 0.15) is 0 Å². The molecule has 5 N–H and O–H groups in total. The summed E-state index contributed by atoms with van der Waals surface area (Å²) in [5.41, 5.74) is 23.4. The molecule has 1 heterocycles. The quantitative estimate of drug-likeness (QED) is 0.126. The van der Waals surface area contributed by atoms with Crippen molar-refractivity contribution in [2.45, 2.75) is 59.8 Å². The summed E-state index contributed by atoms with van der Waals surface area (Å²) in [4.78, 5) is 2.35. The maximum Gasteiger partial charge on any atom is 0.0537 e. The Morgan fingerprint density at radius 2 is 1.33 bits per heavy atom. The van der Waals surface area contributed by atoms with Gasteiger partial charge in [0.2, 0.25) is 0 Å². The third-order valence-corrected chi connectivity index (χ3v) is 9.41. The van der Waals surface area contributed by atoms with Crippen molar-refractivity contribution in [3.05, 3.63) is 204 Å². The van der Waals surface area contributed by atoms with Crippen LogP contribution in [0.5, 0.6) is 0 Å². The highest BCUT2D eigenvalue weighted by molar-refractivity contribution is 5.95. The van der Waals surface area contributed by atoms with E-state index in [1.165, 1.54) is 38.9 Å². The second kappa shape index (κ2) is 20.0. The molecule has 1 aliphatic heterocycles. The van der Waals surface area contributed by atoms with Gasteiger partial charge < -0.3 is 10.6 Å². The molecule has 0 amide bonds. The minimum absolute atomic E-state index is 0.0647. The standard InChI is InChI=1S/C34H29N.C7H8.C6H9N.C2H6.CH6N2/c1-23-11-10-14-27(19-23)35-22-26(25-12-6-5-7-13-25)18-17-24(2)29-20-30-28-15-8-9-16-31(28)34(3,4)32(30)21-33(29)35;1-7-5-3-2-4-6-7;7-6-4-2-1-3-5-6;1-2;1-3-2/h5-22H,2H2,1,3-4H3;2-6H,1H3;1-2,4H,3,5,7H2;1-2H3;3H,2H2,1H3/b18-17-,26-22+;;;;. The molecule has 0 bridgehead atoms. The van der Waals surface area contributed by atoms with E-state index in [9.17, 15) is 0 Å². The van der Waals surface area contributed by atoms with Crippen LogP contribution in [0.2, 0.25) is 0 Å². The summed E-state index contributed by atoms with van der Waals surface area (Å²) in [5.74, 6) is 4.60. The second-order valence-corrected chi connectivity index (χ2v) is 13.8. The largest absolute Gasteiger partial charge is 0.402 e. The minimum Gasteiger partial charge on any atom is -0.402 e. The van der Waals surface area contributed by atoms with Gasteiger partial charge >= 0.3 is 0 Å². The van der Waals surface area contributed by atoms with E-state index in [2.05, 4.69) is 178 Å².